The fourth-order valence-electron chi connectivity index (χ4n) is 2.78. The molecular formula is C21H20F2N4O3. The van der Waals surface area contributed by atoms with Gasteiger partial charge in [0, 0.05) is 54.8 Å². The Kier molecular flexibility index (Phi) is 6.87. The molecule has 1 atom stereocenters. The lowest BCUT2D eigenvalue weighted by Crippen LogP contribution is -2.28. The Bertz CT molecular complexity index is 1020. The van der Waals surface area contributed by atoms with Gasteiger partial charge in [0.25, 0.3) is 5.91 Å². The van der Waals surface area contributed by atoms with Crippen molar-refractivity contribution in [3.05, 3.63) is 83.9 Å². The number of hydrogen-bond donors (Lipinski definition) is 3. The number of aryl methyl sites for hydroxylation is 1. The Hall–Kier alpha value is -3.59. The number of aliphatic hydroxyl groups excluding tert-OH is 1. The third-order valence-electron chi connectivity index (χ3n) is 4.34. The molecule has 0 aliphatic rings. The van der Waals surface area contributed by atoms with Gasteiger partial charge in [0.15, 0.2) is 0 Å². The maximum absolute atomic E-state index is 13.7. The lowest BCUT2D eigenvalue weighted by atomic mass is 10.1. The first-order valence-corrected chi connectivity index (χ1v) is 9.19. The number of aliphatic hydroxyl groups is 1. The predicted molar refractivity (Wildman–Crippen MR) is 106 cm³/mol. The zero-order valence-corrected chi connectivity index (χ0v) is 15.9. The SMILES string of the molecule is O=C(CCn1ccnc1)Nc1cccc(C(=O)NCC(O)c2ccc(F)cc2F)c1. The van der Waals surface area contributed by atoms with Crippen molar-refractivity contribution in [2.24, 2.45) is 0 Å². The summed E-state index contributed by atoms with van der Waals surface area (Å²) in [5.74, 6) is -2.37. The highest BCUT2D eigenvalue weighted by molar-refractivity contribution is 5.97. The number of carbonyl (C=O) groups excluding carboxylic acids is 2. The van der Waals surface area contributed by atoms with Crippen molar-refractivity contribution in [3.63, 3.8) is 0 Å². The number of hydrogen-bond acceptors (Lipinski definition) is 4. The van der Waals surface area contributed by atoms with E-state index in [0.717, 1.165) is 12.1 Å². The number of benzene rings is 2. The summed E-state index contributed by atoms with van der Waals surface area (Å²) in [6.45, 7) is 0.215. The van der Waals surface area contributed by atoms with Crippen LogP contribution in [0.4, 0.5) is 14.5 Å². The molecule has 1 unspecified atom stereocenters. The molecule has 156 valence electrons. The molecule has 0 spiro atoms. The number of aromatic nitrogens is 2. The molecule has 9 heteroatoms. The molecule has 7 nitrogen and oxygen atoms in total. The Morgan fingerprint density at radius 2 is 2.00 bits per heavy atom. The van der Waals surface area contributed by atoms with E-state index in [1.807, 2.05) is 0 Å². The van der Waals surface area contributed by atoms with E-state index in [1.165, 1.54) is 6.07 Å². The van der Waals surface area contributed by atoms with Gasteiger partial charge >= 0.3 is 0 Å². The summed E-state index contributed by atoms with van der Waals surface area (Å²) in [4.78, 5) is 28.3. The molecule has 0 bridgehead atoms. The van der Waals surface area contributed by atoms with Gasteiger partial charge in [-0.25, -0.2) is 13.8 Å². The number of anilines is 1. The van der Waals surface area contributed by atoms with Gasteiger partial charge in [0.1, 0.15) is 11.6 Å². The van der Waals surface area contributed by atoms with Crippen molar-refractivity contribution in [1.82, 2.24) is 14.9 Å². The fourth-order valence-corrected chi connectivity index (χ4v) is 2.78. The number of imidazole rings is 1. The molecule has 3 rings (SSSR count). The number of amides is 2. The second kappa shape index (κ2) is 9.75. The molecule has 0 saturated heterocycles. The van der Waals surface area contributed by atoms with Gasteiger partial charge in [-0.3, -0.25) is 9.59 Å². The summed E-state index contributed by atoms with van der Waals surface area (Å²) in [7, 11) is 0. The van der Waals surface area contributed by atoms with Crippen molar-refractivity contribution in [3.8, 4) is 0 Å². The van der Waals surface area contributed by atoms with E-state index < -0.39 is 23.6 Å². The van der Waals surface area contributed by atoms with Gasteiger partial charge in [-0.1, -0.05) is 12.1 Å². The molecule has 0 fully saturated rings. The smallest absolute Gasteiger partial charge is 0.251 e. The van der Waals surface area contributed by atoms with E-state index in [0.29, 0.717) is 18.3 Å². The topological polar surface area (TPSA) is 96.2 Å². The highest BCUT2D eigenvalue weighted by atomic mass is 19.1. The lowest BCUT2D eigenvalue weighted by molar-refractivity contribution is -0.116. The number of halogens is 2. The quantitative estimate of drug-likeness (QED) is 0.528. The van der Waals surface area contributed by atoms with Crippen LogP contribution in [-0.4, -0.2) is 33.0 Å². The van der Waals surface area contributed by atoms with Crippen molar-refractivity contribution in [2.75, 3.05) is 11.9 Å². The zero-order valence-electron chi connectivity index (χ0n) is 15.9. The van der Waals surface area contributed by atoms with Crippen LogP contribution < -0.4 is 10.6 Å². The molecule has 0 aliphatic carbocycles. The molecule has 2 amide bonds. The van der Waals surface area contributed by atoms with Gasteiger partial charge in [-0.15, -0.1) is 0 Å². The Morgan fingerprint density at radius 3 is 2.73 bits per heavy atom. The maximum atomic E-state index is 13.7. The second-order valence-electron chi connectivity index (χ2n) is 6.57. The third kappa shape index (κ3) is 5.71. The summed E-state index contributed by atoms with van der Waals surface area (Å²) in [5, 5.41) is 15.3. The summed E-state index contributed by atoms with van der Waals surface area (Å²) in [5.41, 5.74) is 0.591. The van der Waals surface area contributed by atoms with E-state index in [4.69, 9.17) is 0 Å². The first-order chi connectivity index (χ1) is 14.4. The van der Waals surface area contributed by atoms with Gasteiger partial charge in [0.2, 0.25) is 5.91 Å². The number of nitrogens with one attached hydrogen (secondary N) is 2. The van der Waals surface area contributed by atoms with E-state index >= 15 is 0 Å². The lowest BCUT2D eigenvalue weighted by Gasteiger charge is -2.13. The van der Waals surface area contributed by atoms with Crippen LogP contribution in [0.15, 0.2) is 61.2 Å². The zero-order chi connectivity index (χ0) is 21.5. The van der Waals surface area contributed by atoms with E-state index in [2.05, 4.69) is 15.6 Å². The summed E-state index contributed by atoms with van der Waals surface area (Å²) in [6, 6.07) is 9.12. The van der Waals surface area contributed by atoms with Crippen molar-refractivity contribution in [1.29, 1.82) is 0 Å². The molecule has 3 N–H and O–H groups in total. The van der Waals surface area contributed by atoms with Gasteiger partial charge in [-0.2, -0.15) is 0 Å². The largest absolute Gasteiger partial charge is 0.386 e. The average Bonchev–Trinajstić information content (AvgIpc) is 3.24. The Morgan fingerprint density at radius 1 is 1.17 bits per heavy atom. The second-order valence-corrected chi connectivity index (χ2v) is 6.57. The third-order valence-corrected chi connectivity index (χ3v) is 4.34. The van der Waals surface area contributed by atoms with Gasteiger partial charge in [0.05, 0.1) is 12.4 Å². The number of carbonyl (C=O) groups is 2. The number of rotatable bonds is 8. The molecule has 30 heavy (non-hydrogen) atoms. The van der Waals surface area contributed by atoms with Crippen LogP contribution in [0.25, 0.3) is 0 Å². The minimum atomic E-state index is -1.33. The van der Waals surface area contributed by atoms with Crippen LogP contribution in [0.3, 0.4) is 0 Å². The summed E-state index contributed by atoms with van der Waals surface area (Å²) >= 11 is 0. The molecule has 3 aromatic rings. The van der Waals surface area contributed by atoms with Crippen LogP contribution in [-0.2, 0) is 11.3 Å². The van der Waals surface area contributed by atoms with Crippen molar-refractivity contribution in [2.45, 2.75) is 19.1 Å². The van der Waals surface area contributed by atoms with Crippen LogP contribution in [0, 0.1) is 11.6 Å². The van der Waals surface area contributed by atoms with Crippen molar-refractivity contribution >= 4 is 17.5 Å². The first-order valence-electron chi connectivity index (χ1n) is 9.19. The number of nitrogens with zero attached hydrogens (tertiary/aromatic N) is 2. The van der Waals surface area contributed by atoms with E-state index in [1.54, 1.807) is 41.5 Å². The maximum Gasteiger partial charge on any atom is 0.251 e. The van der Waals surface area contributed by atoms with Crippen LogP contribution in [0.1, 0.15) is 28.4 Å². The van der Waals surface area contributed by atoms with Crippen molar-refractivity contribution < 1.29 is 23.5 Å². The van der Waals surface area contributed by atoms with Crippen LogP contribution >= 0.6 is 0 Å². The minimum Gasteiger partial charge on any atom is -0.386 e. The van der Waals surface area contributed by atoms with E-state index in [9.17, 15) is 23.5 Å². The van der Waals surface area contributed by atoms with Gasteiger partial charge in [-0.05, 0) is 24.3 Å². The van der Waals surface area contributed by atoms with Gasteiger partial charge < -0.3 is 20.3 Å². The minimum absolute atomic E-state index is 0.115. The normalized spacial score (nSPS) is 11.7. The highest BCUT2D eigenvalue weighted by Crippen LogP contribution is 2.18. The molecule has 0 saturated carbocycles. The summed E-state index contributed by atoms with van der Waals surface area (Å²) < 4.78 is 28.5. The van der Waals surface area contributed by atoms with E-state index in [-0.39, 0.29) is 30.0 Å². The Balaban J connectivity index is 1.54. The predicted octanol–water partition coefficient (Wildman–Crippen LogP) is 2.65. The fraction of sp³-hybridized carbons (Fsp3) is 0.190. The average molecular weight is 414 g/mol. The summed E-state index contributed by atoms with van der Waals surface area (Å²) in [6.07, 6.45) is 3.90. The first kappa shape index (κ1) is 21.1. The van der Waals surface area contributed by atoms with Crippen LogP contribution in [0.5, 0.6) is 0 Å². The molecule has 0 aliphatic heterocycles. The molecular weight excluding hydrogens is 394 g/mol. The van der Waals surface area contributed by atoms with Crippen LogP contribution in [0.2, 0.25) is 0 Å². The molecule has 1 aromatic heterocycles. The monoisotopic (exact) mass is 414 g/mol. The molecule has 2 aromatic carbocycles. The standard InChI is InChI=1S/C21H20F2N4O3/c22-15-4-5-17(18(23)11-15)19(28)12-25-21(30)14-2-1-3-16(10-14)26-20(29)6-8-27-9-7-24-13-27/h1-5,7,9-11,13,19,28H,6,8,12H2,(H,25,30)(H,26,29). The Labute approximate surface area is 171 Å². The highest BCUT2D eigenvalue weighted by Gasteiger charge is 2.15. The molecule has 1 heterocycles. The molecule has 0 radical (unpaired) electrons.